The fraction of sp³-hybridized carbons (Fsp3) is 0.444. The van der Waals surface area contributed by atoms with E-state index in [0.717, 1.165) is 24.6 Å². The van der Waals surface area contributed by atoms with Gasteiger partial charge in [-0.2, -0.15) is 0 Å². The third-order valence-corrected chi connectivity index (χ3v) is 3.69. The van der Waals surface area contributed by atoms with Crippen LogP contribution < -0.4 is 10.2 Å². The van der Waals surface area contributed by atoms with E-state index in [2.05, 4.69) is 68.4 Å². The number of rotatable bonds is 6. The number of aryl methyl sites for hydroxylation is 2. The van der Waals surface area contributed by atoms with Gasteiger partial charge in [0.25, 0.3) is 0 Å². The van der Waals surface area contributed by atoms with Gasteiger partial charge >= 0.3 is 0 Å². The van der Waals surface area contributed by atoms with E-state index in [1.807, 2.05) is 6.92 Å². The minimum atomic E-state index is 0.466. The standard InChI is InChI=1S/C18H26N2O/c1-13(2)19-11-17-10-16(15(4)21-17)12-20(5)18-9-7-6-8-14(18)3/h6-10,13,19H,11-12H2,1-5H3. The van der Waals surface area contributed by atoms with Gasteiger partial charge in [0.2, 0.25) is 0 Å². The summed E-state index contributed by atoms with van der Waals surface area (Å²) < 4.78 is 5.84. The van der Waals surface area contributed by atoms with Gasteiger partial charge in [-0.25, -0.2) is 0 Å². The molecule has 1 aromatic heterocycles. The maximum Gasteiger partial charge on any atom is 0.118 e. The molecule has 1 N–H and O–H groups in total. The molecule has 21 heavy (non-hydrogen) atoms. The molecule has 0 unspecified atom stereocenters. The van der Waals surface area contributed by atoms with Crippen LogP contribution in [0.4, 0.5) is 5.69 Å². The molecule has 3 heteroatoms. The number of para-hydroxylation sites is 1. The zero-order chi connectivity index (χ0) is 15.4. The Hall–Kier alpha value is -1.74. The molecule has 0 spiro atoms. The minimum absolute atomic E-state index is 0.466. The Bertz CT molecular complexity index is 587. The lowest BCUT2D eigenvalue weighted by molar-refractivity contribution is 0.446. The Kier molecular flexibility index (Phi) is 5.07. The second-order valence-corrected chi connectivity index (χ2v) is 5.97. The Morgan fingerprint density at radius 3 is 2.57 bits per heavy atom. The predicted molar refractivity (Wildman–Crippen MR) is 88.7 cm³/mol. The summed E-state index contributed by atoms with van der Waals surface area (Å²) in [6.07, 6.45) is 0. The average Bonchev–Trinajstić information content (AvgIpc) is 2.77. The lowest BCUT2D eigenvalue weighted by Gasteiger charge is -2.21. The van der Waals surface area contributed by atoms with E-state index in [-0.39, 0.29) is 0 Å². The number of anilines is 1. The van der Waals surface area contributed by atoms with Crippen molar-refractivity contribution in [3.63, 3.8) is 0 Å². The molecule has 0 radical (unpaired) electrons. The maximum atomic E-state index is 5.84. The molecule has 0 saturated heterocycles. The molecular formula is C18H26N2O. The Morgan fingerprint density at radius 2 is 1.90 bits per heavy atom. The summed E-state index contributed by atoms with van der Waals surface area (Å²) in [6.45, 7) is 10.1. The van der Waals surface area contributed by atoms with E-state index >= 15 is 0 Å². The van der Waals surface area contributed by atoms with Crippen molar-refractivity contribution >= 4 is 5.69 Å². The Labute approximate surface area is 128 Å². The van der Waals surface area contributed by atoms with Gasteiger partial charge in [0.15, 0.2) is 0 Å². The number of furan rings is 1. The molecule has 0 aliphatic heterocycles. The van der Waals surface area contributed by atoms with Crippen molar-refractivity contribution in [2.45, 2.75) is 46.8 Å². The maximum absolute atomic E-state index is 5.84. The number of benzene rings is 1. The third kappa shape index (κ3) is 4.11. The van der Waals surface area contributed by atoms with Gasteiger partial charge in [-0.15, -0.1) is 0 Å². The summed E-state index contributed by atoms with van der Waals surface area (Å²) in [4.78, 5) is 2.27. The third-order valence-electron chi connectivity index (χ3n) is 3.69. The lowest BCUT2D eigenvalue weighted by Crippen LogP contribution is -2.21. The van der Waals surface area contributed by atoms with Crippen molar-refractivity contribution in [1.29, 1.82) is 0 Å². The molecule has 1 aromatic carbocycles. The predicted octanol–water partition coefficient (Wildman–Crippen LogP) is 4.03. The molecule has 2 aromatic rings. The highest BCUT2D eigenvalue weighted by atomic mass is 16.3. The topological polar surface area (TPSA) is 28.4 Å². The van der Waals surface area contributed by atoms with Crippen LogP contribution in [0.1, 0.15) is 36.5 Å². The average molecular weight is 286 g/mol. The molecule has 1 heterocycles. The second-order valence-electron chi connectivity index (χ2n) is 5.97. The molecule has 0 bridgehead atoms. The molecule has 0 fully saturated rings. The SMILES string of the molecule is Cc1ccccc1N(C)Cc1cc(CNC(C)C)oc1C. The number of hydrogen-bond donors (Lipinski definition) is 1. The van der Waals surface area contributed by atoms with Crippen LogP contribution in [0.5, 0.6) is 0 Å². The summed E-state index contributed by atoms with van der Waals surface area (Å²) >= 11 is 0. The van der Waals surface area contributed by atoms with E-state index < -0.39 is 0 Å². The zero-order valence-electron chi connectivity index (χ0n) is 13.7. The summed E-state index contributed by atoms with van der Waals surface area (Å²) in [5.74, 6) is 2.02. The largest absolute Gasteiger partial charge is 0.465 e. The minimum Gasteiger partial charge on any atom is -0.465 e. The first kappa shape index (κ1) is 15.6. The molecule has 0 atom stereocenters. The van der Waals surface area contributed by atoms with Gasteiger partial charge in [-0.1, -0.05) is 32.0 Å². The molecule has 0 aliphatic rings. The smallest absolute Gasteiger partial charge is 0.118 e. The number of nitrogens with zero attached hydrogens (tertiary/aromatic N) is 1. The molecule has 114 valence electrons. The van der Waals surface area contributed by atoms with Gasteiger partial charge in [0.05, 0.1) is 6.54 Å². The Balaban J connectivity index is 2.07. The van der Waals surface area contributed by atoms with Crippen molar-refractivity contribution in [3.8, 4) is 0 Å². The van der Waals surface area contributed by atoms with Crippen LogP contribution in [-0.2, 0) is 13.1 Å². The van der Waals surface area contributed by atoms with Crippen LogP contribution in [-0.4, -0.2) is 13.1 Å². The lowest BCUT2D eigenvalue weighted by atomic mass is 10.1. The van der Waals surface area contributed by atoms with Gasteiger partial charge < -0.3 is 14.6 Å². The van der Waals surface area contributed by atoms with Gasteiger partial charge in [0, 0.05) is 30.9 Å². The molecule has 0 saturated carbocycles. The van der Waals surface area contributed by atoms with Gasteiger partial charge in [0.1, 0.15) is 11.5 Å². The van der Waals surface area contributed by atoms with Crippen LogP contribution in [0.25, 0.3) is 0 Å². The highest BCUT2D eigenvalue weighted by Crippen LogP contribution is 2.22. The monoisotopic (exact) mass is 286 g/mol. The van der Waals surface area contributed by atoms with Crippen LogP contribution in [0.3, 0.4) is 0 Å². The number of hydrogen-bond acceptors (Lipinski definition) is 3. The van der Waals surface area contributed by atoms with E-state index in [4.69, 9.17) is 4.42 Å². The summed E-state index contributed by atoms with van der Waals surface area (Å²) in [5, 5.41) is 3.39. The fourth-order valence-corrected chi connectivity index (χ4v) is 2.47. The highest BCUT2D eigenvalue weighted by molar-refractivity contribution is 5.52. The molecular weight excluding hydrogens is 260 g/mol. The summed E-state index contributed by atoms with van der Waals surface area (Å²) in [7, 11) is 2.13. The molecule has 2 rings (SSSR count). The first-order valence-corrected chi connectivity index (χ1v) is 7.55. The zero-order valence-corrected chi connectivity index (χ0v) is 13.7. The van der Waals surface area contributed by atoms with Crippen molar-refractivity contribution in [3.05, 3.63) is 53.0 Å². The Morgan fingerprint density at radius 1 is 1.19 bits per heavy atom. The van der Waals surface area contributed by atoms with Gasteiger partial charge in [-0.3, -0.25) is 0 Å². The summed E-state index contributed by atoms with van der Waals surface area (Å²) in [5.41, 5.74) is 3.81. The number of nitrogens with one attached hydrogen (secondary N) is 1. The van der Waals surface area contributed by atoms with Crippen LogP contribution >= 0.6 is 0 Å². The van der Waals surface area contributed by atoms with Gasteiger partial charge in [-0.05, 0) is 31.5 Å². The van der Waals surface area contributed by atoms with E-state index in [9.17, 15) is 0 Å². The molecule has 0 amide bonds. The first-order valence-electron chi connectivity index (χ1n) is 7.55. The second kappa shape index (κ2) is 6.81. The first-order chi connectivity index (χ1) is 9.97. The van der Waals surface area contributed by atoms with E-state index in [1.54, 1.807) is 0 Å². The van der Waals surface area contributed by atoms with Crippen molar-refractivity contribution in [2.24, 2.45) is 0 Å². The van der Waals surface area contributed by atoms with Crippen molar-refractivity contribution in [1.82, 2.24) is 5.32 Å². The van der Waals surface area contributed by atoms with E-state index in [1.165, 1.54) is 16.8 Å². The van der Waals surface area contributed by atoms with Crippen molar-refractivity contribution < 1.29 is 4.42 Å². The normalized spacial score (nSPS) is 11.1. The molecule has 3 nitrogen and oxygen atoms in total. The summed E-state index contributed by atoms with van der Waals surface area (Å²) in [6, 6.07) is 11.1. The van der Waals surface area contributed by atoms with Crippen LogP contribution in [0.15, 0.2) is 34.7 Å². The molecule has 0 aliphatic carbocycles. The quantitative estimate of drug-likeness (QED) is 0.869. The van der Waals surface area contributed by atoms with Crippen molar-refractivity contribution in [2.75, 3.05) is 11.9 Å². The van der Waals surface area contributed by atoms with Crippen LogP contribution in [0, 0.1) is 13.8 Å². The van der Waals surface area contributed by atoms with E-state index in [0.29, 0.717) is 6.04 Å². The van der Waals surface area contributed by atoms with Crippen LogP contribution in [0.2, 0.25) is 0 Å². The highest BCUT2D eigenvalue weighted by Gasteiger charge is 2.11. The fourth-order valence-electron chi connectivity index (χ4n) is 2.47.